The van der Waals surface area contributed by atoms with Crippen molar-refractivity contribution >= 4 is 20.9 Å². The van der Waals surface area contributed by atoms with Gasteiger partial charge in [-0.3, -0.25) is 4.98 Å². The van der Waals surface area contributed by atoms with Gasteiger partial charge in [0.05, 0.1) is 22.5 Å². The number of para-hydroxylation sites is 1. The molecule has 2 aromatic heterocycles. The zero-order valence-electron chi connectivity index (χ0n) is 14.5. The Labute approximate surface area is 155 Å². The summed E-state index contributed by atoms with van der Waals surface area (Å²) < 4.78 is 28.9. The first kappa shape index (κ1) is 17.2. The van der Waals surface area contributed by atoms with E-state index in [9.17, 15) is 13.5 Å². The Morgan fingerprint density at radius 1 is 1.04 bits per heavy atom. The Bertz CT molecular complexity index is 1260. The molecule has 136 valence electrons. The number of hydrogen-bond acceptors (Lipinski definition) is 7. The van der Waals surface area contributed by atoms with Gasteiger partial charge in [-0.2, -0.15) is 0 Å². The van der Waals surface area contributed by atoms with Gasteiger partial charge in [0.25, 0.3) is 0 Å². The summed E-state index contributed by atoms with van der Waals surface area (Å²) in [6.45, 7) is 1.79. The first-order valence-corrected chi connectivity index (χ1v) is 9.95. The fourth-order valence-corrected chi connectivity index (χ4v) is 3.33. The van der Waals surface area contributed by atoms with E-state index >= 15 is 0 Å². The van der Waals surface area contributed by atoms with Crippen LogP contribution >= 0.6 is 0 Å². The summed E-state index contributed by atoms with van der Waals surface area (Å²) in [5.74, 6) is 0.260. The van der Waals surface area contributed by atoms with Gasteiger partial charge in [-0.15, -0.1) is 0 Å². The summed E-state index contributed by atoms with van der Waals surface area (Å²) in [5, 5.41) is 9.91. The number of fused-ring (bicyclic) bond motifs is 1. The van der Waals surface area contributed by atoms with Crippen LogP contribution in [0.3, 0.4) is 0 Å². The minimum absolute atomic E-state index is 0.00406. The number of rotatable bonds is 3. The molecule has 0 saturated carbocycles. The smallest absolute Gasteiger partial charge is 0.248 e. The lowest BCUT2D eigenvalue weighted by atomic mass is 10.1. The Kier molecular flexibility index (Phi) is 3.92. The molecule has 0 aliphatic rings. The Hall–Kier alpha value is -3.26. The lowest BCUT2D eigenvalue weighted by Gasteiger charge is -2.06. The van der Waals surface area contributed by atoms with E-state index in [0.717, 1.165) is 11.8 Å². The van der Waals surface area contributed by atoms with Crippen molar-refractivity contribution in [1.82, 2.24) is 15.0 Å². The molecule has 2 heterocycles. The maximum atomic E-state index is 11.6. The summed E-state index contributed by atoms with van der Waals surface area (Å²) in [5.41, 5.74) is 3.16. The minimum atomic E-state index is -3.26. The summed E-state index contributed by atoms with van der Waals surface area (Å²) in [6, 6.07) is 11.4. The monoisotopic (exact) mass is 381 g/mol. The van der Waals surface area contributed by atoms with Crippen LogP contribution in [0.15, 0.2) is 58.0 Å². The predicted molar refractivity (Wildman–Crippen MR) is 100.0 cm³/mol. The van der Waals surface area contributed by atoms with Crippen LogP contribution in [0.2, 0.25) is 0 Å². The fraction of sp³-hybridized carbons (Fsp3) is 0.105. The summed E-state index contributed by atoms with van der Waals surface area (Å²) in [7, 11) is -3.26. The van der Waals surface area contributed by atoms with Gasteiger partial charge in [0.2, 0.25) is 5.89 Å². The first-order chi connectivity index (χ1) is 12.8. The van der Waals surface area contributed by atoms with Gasteiger partial charge in [0.1, 0.15) is 11.2 Å². The molecular formula is C19H15N3O4S. The number of sulfone groups is 1. The molecule has 0 aliphatic carbocycles. The fourth-order valence-electron chi connectivity index (χ4n) is 2.70. The average molecular weight is 381 g/mol. The van der Waals surface area contributed by atoms with Crippen LogP contribution in [0, 0.1) is 6.92 Å². The molecule has 27 heavy (non-hydrogen) atoms. The number of aryl methyl sites for hydroxylation is 1. The highest BCUT2D eigenvalue weighted by atomic mass is 32.2. The maximum absolute atomic E-state index is 11.6. The number of aromatic nitrogens is 3. The van der Waals surface area contributed by atoms with Crippen LogP contribution in [0.25, 0.3) is 33.9 Å². The summed E-state index contributed by atoms with van der Waals surface area (Å²) in [6.07, 6.45) is 2.77. The zero-order chi connectivity index (χ0) is 19.2. The number of phenolic OH excluding ortho intramolecular Hbond substituents is 1. The second-order valence-electron chi connectivity index (χ2n) is 6.13. The molecule has 0 saturated heterocycles. The molecule has 0 amide bonds. The molecule has 2 aromatic carbocycles. The number of aromatic hydroxyl groups is 1. The van der Waals surface area contributed by atoms with E-state index in [1.165, 1.54) is 18.2 Å². The number of benzene rings is 2. The van der Waals surface area contributed by atoms with Crippen LogP contribution in [0.5, 0.6) is 5.75 Å². The molecule has 4 rings (SSSR count). The molecule has 0 radical (unpaired) electrons. The summed E-state index contributed by atoms with van der Waals surface area (Å²) >= 11 is 0. The van der Waals surface area contributed by atoms with Gasteiger partial charge in [0, 0.05) is 11.8 Å². The van der Waals surface area contributed by atoms with Gasteiger partial charge in [-0.1, -0.05) is 18.2 Å². The van der Waals surface area contributed by atoms with Crippen molar-refractivity contribution in [3.63, 3.8) is 0 Å². The Balaban J connectivity index is 1.80. The highest BCUT2D eigenvalue weighted by Gasteiger charge is 2.16. The highest BCUT2D eigenvalue weighted by Crippen LogP contribution is 2.31. The third kappa shape index (κ3) is 3.15. The second-order valence-corrected chi connectivity index (χ2v) is 8.15. The number of hydrogen-bond donors (Lipinski definition) is 1. The lowest BCUT2D eigenvalue weighted by molar-refractivity contribution is 0.466. The predicted octanol–water partition coefficient (Wildman–Crippen LogP) is 3.37. The number of nitrogens with zero attached hydrogens (tertiary/aromatic N) is 3. The molecule has 4 aromatic rings. The lowest BCUT2D eigenvalue weighted by Crippen LogP contribution is -1.98. The van der Waals surface area contributed by atoms with E-state index in [0.29, 0.717) is 22.6 Å². The van der Waals surface area contributed by atoms with Crippen molar-refractivity contribution in [3.8, 4) is 28.6 Å². The van der Waals surface area contributed by atoms with Gasteiger partial charge >= 0.3 is 0 Å². The molecule has 1 N–H and O–H groups in total. The molecule has 8 heteroatoms. The van der Waals surface area contributed by atoms with Crippen LogP contribution in [-0.4, -0.2) is 34.7 Å². The molecule has 0 bridgehead atoms. The molecule has 0 unspecified atom stereocenters. The second kappa shape index (κ2) is 6.17. The van der Waals surface area contributed by atoms with Crippen molar-refractivity contribution < 1.29 is 17.9 Å². The van der Waals surface area contributed by atoms with Crippen LogP contribution in [0.4, 0.5) is 0 Å². The van der Waals surface area contributed by atoms with Crippen LogP contribution < -0.4 is 0 Å². The van der Waals surface area contributed by atoms with E-state index < -0.39 is 9.84 Å². The molecule has 0 fully saturated rings. The minimum Gasteiger partial charge on any atom is -0.504 e. The average Bonchev–Trinajstić information content (AvgIpc) is 3.07. The third-order valence-electron chi connectivity index (χ3n) is 4.13. The number of phenols is 1. The quantitative estimate of drug-likeness (QED) is 0.580. The van der Waals surface area contributed by atoms with Crippen molar-refractivity contribution in [2.75, 3.05) is 6.26 Å². The zero-order valence-corrected chi connectivity index (χ0v) is 15.4. The van der Waals surface area contributed by atoms with E-state index in [1.54, 1.807) is 37.4 Å². The standard InChI is InChI=1S/C19H15N3O4S/c1-11-17(19-22-14-4-3-5-16(23)18(14)26-19)21-15(10-20-11)12-6-8-13(9-7-12)27(2,24)25/h3-10,23H,1-2H3. The van der Waals surface area contributed by atoms with Crippen molar-refractivity contribution in [1.29, 1.82) is 0 Å². The SMILES string of the molecule is Cc1ncc(-c2ccc(S(C)(=O)=O)cc2)nc1-c1nc2cccc(O)c2o1. The third-order valence-corrected chi connectivity index (χ3v) is 5.26. The molecule has 0 atom stereocenters. The van der Waals surface area contributed by atoms with Gasteiger partial charge < -0.3 is 9.52 Å². The maximum Gasteiger partial charge on any atom is 0.248 e. The van der Waals surface area contributed by atoms with E-state index in [2.05, 4.69) is 15.0 Å². The summed E-state index contributed by atoms with van der Waals surface area (Å²) in [4.78, 5) is 13.5. The molecule has 0 spiro atoms. The highest BCUT2D eigenvalue weighted by molar-refractivity contribution is 7.90. The van der Waals surface area contributed by atoms with Gasteiger partial charge in [-0.05, 0) is 31.2 Å². The normalized spacial score (nSPS) is 11.8. The largest absolute Gasteiger partial charge is 0.504 e. The van der Waals surface area contributed by atoms with Gasteiger partial charge in [0.15, 0.2) is 21.2 Å². The van der Waals surface area contributed by atoms with Gasteiger partial charge in [-0.25, -0.2) is 18.4 Å². The van der Waals surface area contributed by atoms with E-state index in [-0.39, 0.29) is 22.1 Å². The topological polar surface area (TPSA) is 106 Å². The molecular weight excluding hydrogens is 366 g/mol. The van der Waals surface area contributed by atoms with E-state index in [1.807, 2.05) is 0 Å². The molecule has 0 aliphatic heterocycles. The Morgan fingerprint density at radius 3 is 2.44 bits per heavy atom. The Morgan fingerprint density at radius 2 is 1.78 bits per heavy atom. The first-order valence-electron chi connectivity index (χ1n) is 8.06. The van der Waals surface area contributed by atoms with Crippen LogP contribution in [0.1, 0.15) is 5.69 Å². The molecule has 7 nitrogen and oxygen atoms in total. The van der Waals surface area contributed by atoms with E-state index in [4.69, 9.17) is 4.42 Å². The van der Waals surface area contributed by atoms with Crippen molar-refractivity contribution in [2.45, 2.75) is 11.8 Å². The van der Waals surface area contributed by atoms with Crippen molar-refractivity contribution in [2.24, 2.45) is 0 Å². The number of oxazole rings is 1. The van der Waals surface area contributed by atoms with Crippen molar-refractivity contribution in [3.05, 3.63) is 54.4 Å². The van der Waals surface area contributed by atoms with Crippen LogP contribution in [-0.2, 0) is 9.84 Å².